The Bertz CT molecular complexity index is 835. The Hall–Kier alpha value is -2.13. The van der Waals surface area contributed by atoms with Crippen molar-refractivity contribution in [1.82, 2.24) is 9.29 Å². The van der Waals surface area contributed by atoms with E-state index in [2.05, 4.69) is 4.98 Å². The van der Waals surface area contributed by atoms with Crippen molar-refractivity contribution in [3.05, 3.63) is 59.8 Å². The number of halogens is 3. The summed E-state index contributed by atoms with van der Waals surface area (Å²) >= 11 is 0. The fourth-order valence-corrected chi connectivity index (χ4v) is 3.98. The molecule has 0 saturated carbocycles. The van der Waals surface area contributed by atoms with Gasteiger partial charge in [0.15, 0.2) is 0 Å². The Morgan fingerprint density at radius 2 is 1.84 bits per heavy atom. The van der Waals surface area contributed by atoms with Crippen LogP contribution in [0.15, 0.2) is 48.7 Å². The molecular formula is C16H15F3N2O3S. The lowest BCUT2D eigenvalue weighted by Gasteiger charge is -2.37. The number of alkyl halides is 3. The molecule has 0 N–H and O–H groups in total. The predicted octanol–water partition coefficient (Wildman–Crippen LogP) is 2.69. The third kappa shape index (κ3) is 4.29. The average Bonchev–Trinajstić information content (AvgIpc) is 2.50. The SMILES string of the molecule is O=S(=O)(Cc1ccccc1)N1CC(Oc2cc(C(F)(F)F)ccn2)C1. The second-order valence-corrected chi connectivity index (χ2v) is 7.65. The van der Waals surface area contributed by atoms with E-state index >= 15 is 0 Å². The Morgan fingerprint density at radius 1 is 1.16 bits per heavy atom. The molecule has 0 bridgehead atoms. The molecule has 0 atom stereocenters. The lowest BCUT2D eigenvalue weighted by atomic mass is 10.2. The fourth-order valence-electron chi connectivity index (χ4n) is 2.40. The summed E-state index contributed by atoms with van der Waals surface area (Å²) in [7, 11) is -3.48. The Morgan fingerprint density at radius 3 is 2.48 bits per heavy atom. The molecule has 134 valence electrons. The summed E-state index contributed by atoms with van der Waals surface area (Å²) in [6.45, 7) is 0.181. The maximum Gasteiger partial charge on any atom is 0.416 e. The van der Waals surface area contributed by atoms with E-state index in [1.165, 1.54) is 4.31 Å². The van der Waals surface area contributed by atoms with E-state index in [0.29, 0.717) is 5.56 Å². The summed E-state index contributed by atoms with van der Waals surface area (Å²) in [5.74, 6) is -0.289. The number of pyridine rings is 1. The first-order valence-electron chi connectivity index (χ1n) is 7.46. The summed E-state index contributed by atoms with van der Waals surface area (Å²) < 4.78 is 69.1. The third-order valence-electron chi connectivity index (χ3n) is 3.75. The minimum atomic E-state index is -4.48. The van der Waals surface area contributed by atoms with Crippen molar-refractivity contribution in [2.24, 2.45) is 0 Å². The second-order valence-electron chi connectivity index (χ2n) is 5.68. The number of hydrogen-bond acceptors (Lipinski definition) is 4. The zero-order valence-corrected chi connectivity index (χ0v) is 13.8. The smallest absolute Gasteiger partial charge is 0.416 e. The van der Waals surface area contributed by atoms with E-state index in [1.54, 1.807) is 30.3 Å². The van der Waals surface area contributed by atoms with Gasteiger partial charge in [-0.1, -0.05) is 30.3 Å². The molecule has 9 heteroatoms. The van der Waals surface area contributed by atoms with E-state index in [1.807, 2.05) is 0 Å². The van der Waals surface area contributed by atoms with Crippen LogP contribution in [0.5, 0.6) is 5.88 Å². The van der Waals surface area contributed by atoms with E-state index in [0.717, 1.165) is 18.3 Å². The first-order chi connectivity index (χ1) is 11.7. The highest BCUT2D eigenvalue weighted by atomic mass is 32.2. The van der Waals surface area contributed by atoms with Gasteiger partial charge in [-0.3, -0.25) is 0 Å². The molecule has 0 spiro atoms. The van der Waals surface area contributed by atoms with Crippen LogP contribution in [-0.2, 0) is 22.0 Å². The molecule has 2 aromatic rings. The van der Waals surface area contributed by atoms with E-state index in [9.17, 15) is 21.6 Å². The predicted molar refractivity (Wildman–Crippen MR) is 84.3 cm³/mol. The van der Waals surface area contributed by atoms with Crippen molar-refractivity contribution in [3.8, 4) is 5.88 Å². The highest BCUT2D eigenvalue weighted by molar-refractivity contribution is 7.88. The third-order valence-corrected chi connectivity index (χ3v) is 5.53. The maximum atomic E-state index is 12.7. The van der Waals surface area contributed by atoms with Crippen molar-refractivity contribution in [1.29, 1.82) is 0 Å². The van der Waals surface area contributed by atoms with Crippen LogP contribution < -0.4 is 4.74 Å². The molecule has 1 aliphatic heterocycles. The Kier molecular flexibility index (Phi) is 4.70. The Labute approximate surface area is 143 Å². The Balaban J connectivity index is 1.58. The normalized spacial score (nSPS) is 16.4. The summed E-state index contributed by atoms with van der Waals surface area (Å²) in [5.41, 5.74) is -0.184. The van der Waals surface area contributed by atoms with Crippen molar-refractivity contribution in [3.63, 3.8) is 0 Å². The molecule has 0 amide bonds. The molecular weight excluding hydrogens is 357 g/mol. The summed E-state index contributed by atoms with van der Waals surface area (Å²) in [6.07, 6.45) is -3.98. The largest absolute Gasteiger partial charge is 0.472 e. The van der Waals surface area contributed by atoms with Gasteiger partial charge in [0.1, 0.15) is 6.10 Å². The molecule has 5 nitrogen and oxygen atoms in total. The molecule has 2 heterocycles. The van der Waals surface area contributed by atoms with Crippen LogP contribution in [0.2, 0.25) is 0 Å². The van der Waals surface area contributed by atoms with Crippen LogP contribution in [0.25, 0.3) is 0 Å². The van der Waals surface area contributed by atoms with E-state index < -0.39 is 27.9 Å². The summed E-state index contributed by atoms with van der Waals surface area (Å²) in [4.78, 5) is 3.74. The lowest BCUT2D eigenvalue weighted by molar-refractivity contribution is -0.137. The molecule has 0 aliphatic carbocycles. The topological polar surface area (TPSA) is 59.5 Å². The van der Waals surface area contributed by atoms with Crippen LogP contribution in [0, 0.1) is 0 Å². The number of nitrogens with zero attached hydrogens (tertiary/aromatic N) is 2. The molecule has 0 radical (unpaired) electrons. The van der Waals surface area contributed by atoms with Crippen molar-refractivity contribution in [2.45, 2.75) is 18.0 Å². The molecule has 1 aliphatic rings. The zero-order valence-electron chi connectivity index (χ0n) is 13.0. The van der Waals surface area contributed by atoms with Crippen molar-refractivity contribution in [2.75, 3.05) is 13.1 Å². The summed E-state index contributed by atoms with van der Waals surface area (Å²) in [5, 5.41) is 0. The van der Waals surface area contributed by atoms with E-state index in [-0.39, 0.29) is 24.7 Å². The quantitative estimate of drug-likeness (QED) is 0.810. The van der Waals surface area contributed by atoms with Gasteiger partial charge in [0.2, 0.25) is 15.9 Å². The van der Waals surface area contributed by atoms with Crippen LogP contribution in [0.3, 0.4) is 0 Å². The fraction of sp³-hybridized carbons (Fsp3) is 0.312. The minimum absolute atomic E-state index is 0.0904. The lowest BCUT2D eigenvalue weighted by Crippen LogP contribution is -2.56. The maximum absolute atomic E-state index is 12.7. The second kappa shape index (κ2) is 6.64. The van der Waals surface area contributed by atoms with Crippen LogP contribution >= 0.6 is 0 Å². The minimum Gasteiger partial charge on any atom is -0.472 e. The van der Waals surface area contributed by atoms with Gasteiger partial charge in [-0.2, -0.15) is 17.5 Å². The number of ether oxygens (including phenoxy) is 1. The monoisotopic (exact) mass is 372 g/mol. The van der Waals surface area contributed by atoms with Gasteiger partial charge in [-0.15, -0.1) is 0 Å². The van der Waals surface area contributed by atoms with Gasteiger partial charge in [0.25, 0.3) is 0 Å². The molecule has 3 rings (SSSR count). The number of aromatic nitrogens is 1. The van der Waals surface area contributed by atoms with Gasteiger partial charge in [-0.25, -0.2) is 13.4 Å². The summed E-state index contributed by atoms with van der Waals surface area (Å²) in [6, 6.07) is 10.4. The molecule has 1 aromatic heterocycles. The van der Waals surface area contributed by atoms with Gasteiger partial charge in [0, 0.05) is 12.3 Å². The van der Waals surface area contributed by atoms with Crippen LogP contribution in [-0.4, -0.2) is 36.9 Å². The average molecular weight is 372 g/mol. The number of rotatable bonds is 5. The first-order valence-corrected chi connectivity index (χ1v) is 9.06. The molecule has 0 unspecified atom stereocenters. The van der Waals surface area contributed by atoms with Gasteiger partial charge in [0.05, 0.1) is 24.4 Å². The first kappa shape index (κ1) is 17.7. The van der Waals surface area contributed by atoms with Gasteiger partial charge < -0.3 is 4.74 Å². The van der Waals surface area contributed by atoms with Gasteiger partial charge >= 0.3 is 6.18 Å². The van der Waals surface area contributed by atoms with Crippen molar-refractivity contribution >= 4 is 10.0 Å². The van der Waals surface area contributed by atoms with Crippen LogP contribution in [0.1, 0.15) is 11.1 Å². The highest BCUT2D eigenvalue weighted by Gasteiger charge is 2.38. The molecule has 25 heavy (non-hydrogen) atoms. The van der Waals surface area contributed by atoms with Crippen LogP contribution in [0.4, 0.5) is 13.2 Å². The number of benzene rings is 1. The molecule has 1 fully saturated rings. The molecule has 1 aromatic carbocycles. The molecule has 1 saturated heterocycles. The number of sulfonamides is 1. The van der Waals surface area contributed by atoms with Gasteiger partial charge in [-0.05, 0) is 11.6 Å². The highest BCUT2D eigenvalue weighted by Crippen LogP contribution is 2.31. The zero-order chi connectivity index (χ0) is 18.1. The standard InChI is InChI=1S/C16H15F3N2O3S/c17-16(18,19)13-6-7-20-15(8-13)24-14-9-21(10-14)25(22,23)11-12-4-2-1-3-5-12/h1-8,14H,9-11H2. The van der Waals surface area contributed by atoms with Crippen molar-refractivity contribution < 1.29 is 26.3 Å². The van der Waals surface area contributed by atoms with E-state index in [4.69, 9.17) is 4.74 Å². The number of hydrogen-bond donors (Lipinski definition) is 0.